The zero-order valence-corrected chi connectivity index (χ0v) is 17.2. The van der Waals surface area contributed by atoms with Crippen molar-refractivity contribution < 1.29 is 33.2 Å². The van der Waals surface area contributed by atoms with Gasteiger partial charge in [0.25, 0.3) is 0 Å². The Hall–Kier alpha value is -1.22. The topological polar surface area (TPSA) is 64.6 Å². The second-order valence-electron chi connectivity index (χ2n) is 8.29. The van der Waals surface area contributed by atoms with Gasteiger partial charge in [0.15, 0.2) is 17.9 Å². The van der Waals surface area contributed by atoms with Crippen LogP contribution in [0.25, 0.3) is 0 Å². The molecule has 156 valence electrons. The zero-order chi connectivity index (χ0) is 19.9. The molecule has 0 N–H and O–H groups in total. The summed E-state index contributed by atoms with van der Waals surface area (Å²) in [5, 5.41) is 0. The smallest absolute Gasteiger partial charge is 0.190 e. The van der Waals surface area contributed by atoms with Crippen LogP contribution in [0.2, 0.25) is 0 Å². The lowest BCUT2D eigenvalue weighted by Crippen LogP contribution is -2.44. The molecule has 0 radical (unpaired) electrons. The lowest BCUT2D eigenvalue weighted by atomic mass is 10.1. The maximum Gasteiger partial charge on any atom is 0.190 e. The van der Waals surface area contributed by atoms with Crippen molar-refractivity contribution in [3.8, 4) is 5.75 Å². The van der Waals surface area contributed by atoms with Crippen molar-refractivity contribution in [3.63, 3.8) is 0 Å². The molecule has 3 heterocycles. The molecule has 3 aliphatic heterocycles. The Kier molecular flexibility index (Phi) is 5.41. The van der Waals surface area contributed by atoms with Crippen LogP contribution in [-0.4, -0.2) is 55.5 Å². The highest BCUT2D eigenvalue weighted by molar-refractivity contribution is 5.26. The van der Waals surface area contributed by atoms with Gasteiger partial charge in [0.2, 0.25) is 0 Å². The van der Waals surface area contributed by atoms with Crippen LogP contribution in [0.1, 0.15) is 40.2 Å². The summed E-state index contributed by atoms with van der Waals surface area (Å²) >= 11 is 0. The molecule has 3 saturated heterocycles. The Balaban J connectivity index is 1.45. The van der Waals surface area contributed by atoms with E-state index in [2.05, 4.69) is 0 Å². The normalized spacial score (nSPS) is 35.8. The molecular formula is C21H30O7. The van der Waals surface area contributed by atoms with E-state index in [1.807, 2.05) is 58.9 Å². The summed E-state index contributed by atoms with van der Waals surface area (Å²) in [5.41, 5.74) is 1.05. The third kappa shape index (κ3) is 4.20. The molecule has 0 unspecified atom stereocenters. The van der Waals surface area contributed by atoms with Crippen LogP contribution in [0.5, 0.6) is 5.75 Å². The predicted molar refractivity (Wildman–Crippen MR) is 99.8 cm³/mol. The summed E-state index contributed by atoms with van der Waals surface area (Å²) in [5.74, 6) is -0.485. The fourth-order valence-electron chi connectivity index (χ4n) is 3.91. The number of benzene rings is 1. The molecule has 0 aliphatic carbocycles. The lowest BCUT2D eigenvalue weighted by molar-refractivity contribution is -0.236. The van der Waals surface area contributed by atoms with Gasteiger partial charge in [-0.3, -0.25) is 0 Å². The minimum Gasteiger partial charge on any atom is -0.494 e. The summed E-state index contributed by atoms with van der Waals surface area (Å²) in [6, 6.07) is 7.90. The molecule has 0 amide bonds. The monoisotopic (exact) mass is 394 g/mol. The summed E-state index contributed by atoms with van der Waals surface area (Å²) in [7, 11) is 0. The van der Waals surface area contributed by atoms with E-state index in [4.69, 9.17) is 33.2 Å². The second-order valence-corrected chi connectivity index (χ2v) is 8.29. The Bertz CT molecular complexity index is 672. The van der Waals surface area contributed by atoms with E-state index in [1.165, 1.54) is 0 Å². The van der Waals surface area contributed by atoms with Gasteiger partial charge in [-0.1, -0.05) is 12.1 Å². The maximum absolute atomic E-state index is 6.28. The van der Waals surface area contributed by atoms with Crippen molar-refractivity contribution in [2.75, 3.05) is 13.2 Å². The summed E-state index contributed by atoms with van der Waals surface area (Å²) < 4.78 is 41.7. The van der Waals surface area contributed by atoms with Crippen LogP contribution in [0.3, 0.4) is 0 Å². The van der Waals surface area contributed by atoms with Crippen LogP contribution in [0, 0.1) is 0 Å². The largest absolute Gasteiger partial charge is 0.494 e. The van der Waals surface area contributed by atoms with Gasteiger partial charge in [0.05, 0.1) is 19.8 Å². The Morgan fingerprint density at radius 1 is 0.964 bits per heavy atom. The van der Waals surface area contributed by atoms with Crippen molar-refractivity contribution in [1.29, 1.82) is 0 Å². The minimum atomic E-state index is -0.701. The van der Waals surface area contributed by atoms with Crippen molar-refractivity contribution in [2.24, 2.45) is 0 Å². The molecule has 4 rings (SSSR count). The molecule has 0 aromatic heterocycles. The highest BCUT2D eigenvalue weighted by Gasteiger charge is 2.58. The predicted octanol–water partition coefficient (Wildman–Crippen LogP) is 3.00. The molecular weight excluding hydrogens is 364 g/mol. The van der Waals surface area contributed by atoms with Gasteiger partial charge in [0.1, 0.15) is 30.2 Å². The molecule has 7 heteroatoms. The van der Waals surface area contributed by atoms with Crippen LogP contribution in [0.4, 0.5) is 0 Å². The highest BCUT2D eigenvalue weighted by atomic mass is 16.8. The van der Waals surface area contributed by atoms with Gasteiger partial charge >= 0.3 is 0 Å². The third-order valence-electron chi connectivity index (χ3n) is 5.10. The van der Waals surface area contributed by atoms with Crippen LogP contribution < -0.4 is 4.74 Å². The van der Waals surface area contributed by atoms with Gasteiger partial charge in [-0.25, -0.2) is 0 Å². The molecule has 3 fully saturated rings. The number of fused-ring (bicyclic) bond motifs is 1. The van der Waals surface area contributed by atoms with Gasteiger partial charge in [0, 0.05) is 0 Å². The Labute approximate surface area is 166 Å². The van der Waals surface area contributed by atoms with Gasteiger partial charge in [-0.05, 0) is 52.3 Å². The molecule has 7 nitrogen and oxygen atoms in total. The van der Waals surface area contributed by atoms with E-state index in [9.17, 15) is 0 Å². The third-order valence-corrected chi connectivity index (χ3v) is 5.10. The minimum absolute atomic E-state index is 0.235. The van der Waals surface area contributed by atoms with Crippen molar-refractivity contribution in [3.05, 3.63) is 29.8 Å². The van der Waals surface area contributed by atoms with Crippen molar-refractivity contribution in [2.45, 2.75) is 83.5 Å². The van der Waals surface area contributed by atoms with Crippen molar-refractivity contribution >= 4 is 0 Å². The summed E-state index contributed by atoms with van der Waals surface area (Å²) in [6.45, 7) is 11.0. The molecule has 1 aromatic rings. The molecule has 28 heavy (non-hydrogen) atoms. The van der Waals surface area contributed by atoms with E-state index in [0.29, 0.717) is 19.8 Å². The van der Waals surface area contributed by atoms with E-state index >= 15 is 0 Å². The zero-order valence-electron chi connectivity index (χ0n) is 17.2. The summed E-state index contributed by atoms with van der Waals surface area (Å²) in [4.78, 5) is 0. The van der Waals surface area contributed by atoms with Gasteiger partial charge in [-0.15, -0.1) is 0 Å². The average molecular weight is 394 g/mol. The first-order valence-electron chi connectivity index (χ1n) is 9.92. The van der Waals surface area contributed by atoms with Crippen LogP contribution in [0.15, 0.2) is 24.3 Å². The quantitative estimate of drug-likeness (QED) is 0.735. The molecule has 0 spiro atoms. The van der Waals surface area contributed by atoms with E-state index in [1.54, 1.807) is 0 Å². The molecule has 3 aliphatic rings. The Morgan fingerprint density at radius 2 is 1.71 bits per heavy atom. The highest BCUT2D eigenvalue weighted by Crippen LogP contribution is 2.42. The first kappa shape index (κ1) is 20.1. The van der Waals surface area contributed by atoms with E-state index in [-0.39, 0.29) is 24.4 Å². The number of ether oxygens (including phenoxy) is 7. The fraction of sp³-hybridized carbons (Fsp3) is 0.714. The molecule has 1 aromatic carbocycles. The lowest BCUT2D eigenvalue weighted by Gasteiger charge is -2.29. The molecule has 0 saturated carbocycles. The fourth-order valence-corrected chi connectivity index (χ4v) is 3.91. The van der Waals surface area contributed by atoms with E-state index < -0.39 is 17.9 Å². The second kappa shape index (κ2) is 7.55. The van der Waals surface area contributed by atoms with Crippen LogP contribution in [-0.2, 0) is 35.0 Å². The van der Waals surface area contributed by atoms with Gasteiger partial charge < -0.3 is 33.2 Å². The Morgan fingerprint density at radius 3 is 2.36 bits per heavy atom. The van der Waals surface area contributed by atoms with Crippen molar-refractivity contribution in [1.82, 2.24) is 0 Å². The standard InChI is InChI=1S/C21H30O7/c1-6-22-14-9-7-13(8-10-14)11-23-17-16(15-12-24-20(2,3)26-15)25-19-18(17)27-21(4,5)28-19/h7-10,15-19H,6,11-12H2,1-5H3/t15-,16-,17+,18-,19-/m0/s1. The molecule has 0 bridgehead atoms. The SMILES string of the molecule is CCOc1ccc(CO[C@H]2[C@@H]3OC(C)(C)O[C@@H]3O[C@H]2[C@@H]2COC(C)(C)O2)cc1. The first-order chi connectivity index (χ1) is 13.3. The number of hydrogen-bond donors (Lipinski definition) is 0. The first-order valence-corrected chi connectivity index (χ1v) is 9.92. The van der Waals surface area contributed by atoms with Gasteiger partial charge in [-0.2, -0.15) is 0 Å². The maximum atomic E-state index is 6.28. The summed E-state index contributed by atoms with van der Waals surface area (Å²) in [6.07, 6.45) is -1.66. The van der Waals surface area contributed by atoms with Crippen LogP contribution >= 0.6 is 0 Å². The average Bonchev–Trinajstić information content (AvgIpc) is 3.23. The van der Waals surface area contributed by atoms with E-state index in [0.717, 1.165) is 11.3 Å². The number of rotatable bonds is 6. The molecule has 5 atom stereocenters. The number of hydrogen-bond acceptors (Lipinski definition) is 7.